The first-order valence-corrected chi connectivity index (χ1v) is 6.49. The number of hydrogen-bond acceptors (Lipinski definition) is 2. The van der Waals surface area contributed by atoms with Gasteiger partial charge in [0.15, 0.2) is 0 Å². The number of rotatable bonds is 3. The lowest BCUT2D eigenvalue weighted by molar-refractivity contribution is 1.41. The average molecular weight is 322 g/mol. The highest BCUT2D eigenvalue weighted by Gasteiger charge is 2.03. The quantitative estimate of drug-likeness (QED) is 0.704. The van der Waals surface area contributed by atoms with E-state index in [4.69, 9.17) is 46.4 Å². The summed E-state index contributed by atoms with van der Waals surface area (Å²) in [5, 5.41) is 2.26. The van der Waals surface area contributed by atoms with Crippen LogP contribution in [-0.2, 0) is 0 Å². The first kappa shape index (κ1) is 13.6. The van der Waals surface area contributed by atoms with Gasteiger partial charge in [0, 0.05) is 10.0 Å². The van der Waals surface area contributed by atoms with Gasteiger partial charge in [-0.3, -0.25) is 10.9 Å². The van der Waals surface area contributed by atoms with E-state index in [0.29, 0.717) is 31.5 Å². The Morgan fingerprint density at radius 2 is 1.00 bits per heavy atom. The van der Waals surface area contributed by atoms with Gasteiger partial charge in [-0.25, -0.2) is 0 Å². The van der Waals surface area contributed by atoms with Crippen molar-refractivity contribution in [1.82, 2.24) is 0 Å². The molecule has 0 aliphatic carbocycles. The second-order valence-corrected chi connectivity index (χ2v) is 5.19. The number of hydrogen-bond donors (Lipinski definition) is 2. The van der Waals surface area contributed by atoms with E-state index in [1.165, 1.54) is 0 Å². The van der Waals surface area contributed by atoms with Crippen LogP contribution in [0.2, 0.25) is 20.1 Å². The van der Waals surface area contributed by atoms with Gasteiger partial charge >= 0.3 is 0 Å². The van der Waals surface area contributed by atoms with Crippen LogP contribution < -0.4 is 10.9 Å². The Labute approximate surface area is 125 Å². The zero-order chi connectivity index (χ0) is 13.1. The van der Waals surface area contributed by atoms with Gasteiger partial charge in [-0.05, 0) is 36.4 Å². The lowest BCUT2D eigenvalue weighted by atomic mass is 10.3. The van der Waals surface area contributed by atoms with Crippen molar-refractivity contribution >= 4 is 57.8 Å². The first-order valence-electron chi connectivity index (χ1n) is 4.98. The molecule has 0 aromatic heterocycles. The monoisotopic (exact) mass is 320 g/mol. The Hall–Kier alpha value is -0.800. The van der Waals surface area contributed by atoms with Gasteiger partial charge in [-0.1, -0.05) is 46.4 Å². The molecule has 2 rings (SSSR count). The lowest BCUT2D eigenvalue weighted by Crippen LogP contribution is -2.09. The maximum atomic E-state index is 6.01. The van der Waals surface area contributed by atoms with Crippen molar-refractivity contribution in [2.75, 3.05) is 10.9 Å². The summed E-state index contributed by atoms with van der Waals surface area (Å²) >= 11 is 23.8. The summed E-state index contributed by atoms with van der Waals surface area (Å²) in [6.45, 7) is 0. The van der Waals surface area contributed by atoms with Crippen molar-refractivity contribution in [3.63, 3.8) is 0 Å². The maximum absolute atomic E-state index is 6.01. The molecule has 0 bridgehead atoms. The molecule has 18 heavy (non-hydrogen) atoms. The molecule has 0 aliphatic heterocycles. The van der Waals surface area contributed by atoms with E-state index in [2.05, 4.69) is 10.9 Å². The molecule has 0 fully saturated rings. The van der Waals surface area contributed by atoms with Gasteiger partial charge < -0.3 is 0 Å². The predicted molar refractivity (Wildman–Crippen MR) is 80.2 cm³/mol. The zero-order valence-electron chi connectivity index (χ0n) is 8.98. The Balaban J connectivity index is 2.16. The van der Waals surface area contributed by atoms with E-state index in [-0.39, 0.29) is 0 Å². The molecule has 2 aromatic rings. The smallest absolute Gasteiger partial charge is 0.0740 e. The molecule has 6 heteroatoms. The number of nitrogens with one attached hydrogen (secondary N) is 2. The van der Waals surface area contributed by atoms with E-state index >= 15 is 0 Å². The largest absolute Gasteiger partial charge is 0.299 e. The summed E-state index contributed by atoms with van der Waals surface area (Å²) in [7, 11) is 0. The predicted octanol–water partition coefficient (Wildman–Crippen LogP) is 5.74. The highest BCUT2D eigenvalue weighted by molar-refractivity contribution is 6.36. The average Bonchev–Trinajstić information content (AvgIpc) is 2.34. The molecule has 0 atom stereocenters. The number of halogens is 4. The topological polar surface area (TPSA) is 24.1 Å². The molecule has 0 amide bonds. The molecule has 0 saturated heterocycles. The van der Waals surface area contributed by atoms with Gasteiger partial charge in [0.1, 0.15) is 0 Å². The maximum Gasteiger partial charge on any atom is 0.0740 e. The number of hydrazine groups is 1. The van der Waals surface area contributed by atoms with Gasteiger partial charge in [-0.15, -0.1) is 0 Å². The standard InChI is InChI=1S/C12H8Cl4N2/c13-7-1-3-9(15)11(5-7)17-18-12-6-8(14)2-4-10(12)16/h1-6,17-18H. The first-order chi connectivity index (χ1) is 8.56. The molecule has 0 aliphatic rings. The highest BCUT2D eigenvalue weighted by Crippen LogP contribution is 2.28. The summed E-state index contributed by atoms with van der Waals surface area (Å²) in [6, 6.07) is 10.2. The Morgan fingerprint density at radius 3 is 1.39 bits per heavy atom. The zero-order valence-corrected chi connectivity index (χ0v) is 12.0. The van der Waals surface area contributed by atoms with Gasteiger partial charge in [0.05, 0.1) is 21.4 Å². The van der Waals surface area contributed by atoms with Crippen LogP contribution in [0.5, 0.6) is 0 Å². The summed E-state index contributed by atoms with van der Waals surface area (Å²) in [4.78, 5) is 0. The summed E-state index contributed by atoms with van der Waals surface area (Å²) in [5.41, 5.74) is 7.16. The molecule has 2 aromatic carbocycles. The third-order valence-corrected chi connectivity index (χ3v) is 3.32. The van der Waals surface area contributed by atoms with Crippen molar-refractivity contribution in [1.29, 1.82) is 0 Å². The van der Waals surface area contributed by atoms with Crippen molar-refractivity contribution < 1.29 is 0 Å². The van der Waals surface area contributed by atoms with Crippen molar-refractivity contribution in [2.24, 2.45) is 0 Å². The van der Waals surface area contributed by atoms with Gasteiger partial charge in [0.2, 0.25) is 0 Å². The highest BCUT2D eigenvalue weighted by atomic mass is 35.5. The fraction of sp³-hybridized carbons (Fsp3) is 0. The molecule has 2 N–H and O–H groups in total. The van der Waals surface area contributed by atoms with E-state index in [9.17, 15) is 0 Å². The fourth-order valence-electron chi connectivity index (χ4n) is 1.32. The molecule has 2 nitrogen and oxygen atoms in total. The van der Waals surface area contributed by atoms with Gasteiger partial charge in [-0.2, -0.15) is 0 Å². The van der Waals surface area contributed by atoms with E-state index in [1.807, 2.05) is 0 Å². The fourth-order valence-corrected chi connectivity index (χ4v) is 2.00. The Morgan fingerprint density at radius 1 is 0.611 bits per heavy atom. The van der Waals surface area contributed by atoms with E-state index in [1.54, 1.807) is 36.4 Å². The third-order valence-electron chi connectivity index (χ3n) is 2.19. The molecular weight excluding hydrogens is 314 g/mol. The molecule has 94 valence electrons. The molecule has 0 heterocycles. The van der Waals surface area contributed by atoms with Crippen LogP contribution in [0.1, 0.15) is 0 Å². The van der Waals surface area contributed by atoms with Crippen molar-refractivity contribution in [2.45, 2.75) is 0 Å². The summed E-state index contributed by atoms with van der Waals surface area (Å²) < 4.78 is 0. The molecule has 0 saturated carbocycles. The van der Waals surface area contributed by atoms with E-state index in [0.717, 1.165) is 0 Å². The second kappa shape index (κ2) is 5.89. The van der Waals surface area contributed by atoms with Crippen LogP contribution in [0, 0.1) is 0 Å². The van der Waals surface area contributed by atoms with Gasteiger partial charge in [0.25, 0.3) is 0 Å². The minimum absolute atomic E-state index is 0.546. The third kappa shape index (κ3) is 3.36. The van der Waals surface area contributed by atoms with Crippen LogP contribution in [0.3, 0.4) is 0 Å². The minimum Gasteiger partial charge on any atom is -0.299 e. The molecule has 0 unspecified atom stereocenters. The van der Waals surface area contributed by atoms with Crippen LogP contribution in [0.4, 0.5) is 11.4 Å². The van der Waals surface area contributed by atoms with Crippen molar-refractivity contribution in [3.8, 4) is 0 Å². The molecular formula is C12H8Cl4N2. The second-order valence-electron chi connectivity index (χ2n) is 3.50. The molecule has 0 radical (unpaired) electrons. The van der Waals surface area contributed by atoms with Crippen molar-refractivity contribution in [3.05, 3.63) is 56.5 Å². The van der Waals surface area contributed by atoms with Crippen LogP contribution >= 0.6 is 46.4 Å². The van der Waals surface area contributed by atoms with Crippen LogP contribution in [0.15, 0.2) is 36.4 Å². The minimum atomic E-state index is 0.546. The van der Waals surface area contributed by atoms with E-state index < -0.39 is 0 Å². The summed E-state index contributed by atoms with van der Waals surface area (Å²) in [5.74, 6) is 0. The lowest BCUT2D eigenvalue weighted by Gasteiger charge is -2.12. The SMILES string of the molecule is Clc1ccc(Cl)c(NNc2cc(Cl)ccc2Cl)c1. The Bertz CT molecular complexity index is 520. The Kier molecular flexibility index (Phi) is 4.46. The van der Waals surface area contributed by atoms with Crippen LogP contribution in [0.25, 0.3) is 0 Å². The summed E-state index contributed by atoms with van der Waals surface area (Å²) in [6.07, 6.45) is 0. The number of benzene rings is 2. The molecule has 0 spiro atoms. The van der Waals surface area contributed by atoms with Crippen LogP contribution in [-0.4, -0.2) is 0 Å². The normalized spacial score (nSPS) is 10.2. The number of anilines is 2.